The van der Waals surface area contributed by atoms with Gasteiger partial charge in [0.15, 0.2) is 0 Å². The Bertz CT molecular complexity index is 711. The fourth-order valence-electron chi connectivity index (χ4n) is 5.64. The minimum Gasteiger partial charge on any atom is -0.497 e. The molecule has 152 valence electrons. The maximum atomic E-state index is 13.5. The maximum absolute atomic E-state index is 13.5. The minimum atomic E-state index is 0.0977. The molecule has 3 atom stereocenters. The minimum absolute atomic E-state index is 0.0977. The molecule has 3 aliphatic rings. The number of amides is 2. The van der Waals surface area contributed by atoms with Crippen LogP contribution >= 0.6 is 0 Å². The van der Waals surface area contributed by atoms with Crippen LogP contribution in [0.4, 0.5) is 0 Å². The summed E-state index contributed by atoms with van der Waals surface area (Å²) in [4.78, 5) is 30.0. The van der Waals surface area contributed by atoms with Crippen LogP contribution in [-0.2, 0) is 9.59 Å². The number of benzene rings is 1. The van der Waals surface area contributed by atoms with Crippen molar-refractivity contribution in [1.29, 1.82) is 0 Å². The second-order valence-corrected chi connectivity index (χ2v) is 8.62. The number of hydrogen-bond donors (Lipinski definition) is 0. The molecule has 0 radical (unpaired) electrons. The summed E-state index contributed by atoms with van der Waals surface area (Å²) >= 11 is 0. The van der Waals surface area contributed by atoms with Gasteiger partial charge in [-0.2, -0.15) is 0 Å². The number of nitrogens with zero attached hydrogens (tertiary/aromatic N) is 2. The van der Waals surface area contributed by atoms with Gasteiger partial charge in [-0.3, -0.25) is 9.59 Å². The Morgan fingerprint density at radius 3 is 2.32 bits per heavy atom. The van der Waals surface area contributed by atoms with Crippen molar-refractivity contribution in [3.63, 3.8) is 0 Å². The Kier molecular flexibility index (Phi) is 5.61. The van der Waals surface area contributed by atoms with Gasteiger partial charge in [0.25, 0.3) is 0 Å². The monoisotopic (exact) mass is 384 g/mol. The number of methoxy groups -OCH3 is 1. The van der Waals surface area contributed by atoms with Gasteiger partial charge >= 0.3 is 0 Å². The molecule has 28 heavy (non-hydrogen) atoms. The van der Waals surface area contributed by atoms with Crippen LogP contribution in [0.1, 0.15) is 63.4 Å². The van der Waals surface area contributed by atoms with Gasteiger partial charge in [0.1, 0.15) is 5.75 Å². The van der Waals surface area contributed by atoms with E-state index in [0.29, 0.717) is 12.5 Å². The van der Waals surface area contributed by atoms with E-state index >= 15 is 0 Å². The van der Waals surface area contributed by atoms with E-state index in [0.717, 1.165) is 38.0 Å². The van der Waals surface area contributed by atoms with E-state index in [1.807, 2.05) is 17.0 Å². The lowest BCUT2D eigenvalue weighted by Crippen LogP contribution is -2.55. The zero-order valence-electron chi connectivity index (χ0n) is 17.1. The fourth-order valence-corrected chi connectivity index (χ4v) is 5.64. The van der Waals surface area contributed by atoms with Gasteiger partial charge in [0.2, 0.25) is 11.8 Å². The molecule has 1 aliphatic carbocycles. The Morgan fingerprint density at radius 2 is 1.68 bits per heavy atom. The van der Waals surface area contributed by atoms with Crippen molar-refractivity contribution < 1.29 is 14.3 Å². The van der Waals surface area contributed by atoms with Crippen LogP contribution in [0.3, 0.4) is 0 Å². The van der Waals surface area contributed by atoms with Crippen LogP contribution in [0.5, 0.6) is 5.75 Å². The van der Waals surface area contributed by atoms with Gasteiger partial charge in [0.05, 0.1) is 19.2 Å². The number of carbonyl (C=O) groups is 2. The molecule has 3 fully saturated rings. The van der Waals surface area contributed by atoms with Gasteiger partial charge < -0.3 is 14.5 Å². The van der Waals surface area contributed by atoms with Crippen molar-refractivity contribution in [3.8, 4) is 5.75 Å². The summed E-state index contributed by atoms with van der Waals surface area (Å²) in [5.74, 6) is 1.64. The fraction of sp³-hybridized carbons (Fsp3) is 0.652. The summed E-state index contributed by atoms with van der Waals surface area (Å²) in [6.07, 6.45) is 7.61. The number of piperidine rings is 1. The summed E-state index contributed by atoms with van der Waals surface area (Å²) in [7, 11) is 1.67. The molecule has 1 aromatic carbocycles. The topological polar surface area (TPSA) is 49.9 Å². The lowest BCUT2D eigenvalue weighted by Gasteiger charge is -2.43. The quantitative estimate of drug-likeness (QED) is 0.800. The second kappa shape index (κ2) is 8.14. The SMILES string of the molecule is COc1ccc([C@H]2CN(C(C)=O)[C@@H]3CCCN(C(=O)C4CCCCC4)[C@H]23)cc1. The Morgan fingerprint density at radius 1 is 0.964 bits per heavy atom. The molecular weight excluding hydrogens is 352 g/mol. The number of likely N-dealkylation sites (tertiary alicyclic amines) is 2. The molecular formula is C23H32N2O3. The summed E-state index contributed by atoms with van der Waals surface area (Å²) < 4.78 is 5.31. The number of fused-ring (bicyclic) bond motifs is 1. The first-order chi connectivity index (χ1) is 13.6. The summed E-state index contributed by atoms with van der Waals surface area (Å²) in [5.41, 5.74) is 1.20. The Hall–Kier alpha value is -2.04. The van der Waals surface area contributed by atoms with Crippen molar-refractivity contribution >= 4 is 11.8 Å². The standard InChI is InChI=1S/C23H32N2O3/c1-16(26)25-15-20(17-10-12-19(28-2)13-11-17)22-21(25)9-6-14-24(22)23(27)18-7-4-3-5-8-18/h10-13,18,20-22H,3-9,14-15H2,1-2H3/t20-,21-,22-/m1/s1. The molecule has 0 aromatic heterocycles. The molecule has 2 heterocycles. The number of rotatable bonds is 3. The largest absolute Gasteiger partial charge is 0.497 e. The summed E-state index contributed by atoms with van der Waals surface area (Å²) in [6, 6.07) is 8.41. The van der Waals surface area contributed by atoms with Crippen molar-refractivity contribution in [2.24, 2.45) is 5.92 Å². The molecule has 2 amide bonds. The zero-order valence-corrected chi connectivity index (χ0v) is 17.1. The second-order valence-electron chi connectivity index (χ2n) is 8.62. The van der Waals surface area contributed by atoms with Crippen LogP contribution in [0.25, 0.3) is 0 Å². The highest BCUT2D eigenvalue weighted by molar-refractivity contribution is 5.80. The molecule has 1 aromatic rings. The molecule has 2 saturated heterocycles. The van der Waals surface area contributed by atoms with Crippen LogP contribution in [-0.4, -0.2) is 53.9 Å². The molecule has 0 unspecified atom stereocenters. The lowest BCUT2D eigenvalue weighted by atomic mass is 9.83. The summed E-state index contributed by atoms with van der Waals surface area (Å²) in [5, 5.41) is 0. The van der Waals surface area contributed by atoms with Crippen molar-refractivity contribution in [1.82, 2.24) is 9.80 Å². The highest BCUT2D eigenvalue weighted by Crippen LogP contribution is 2.41. The number of ether oxygens (including phenoxy) is 1. The van der Waals surface area contributed by atoms with E-state index in [1.54, 1.807) is 14.0 Å². The maximum Gasteiger partial charge on any atom is 0.226 e. The molecule has 0 spiro atoms. The van der Waals surface area contributed by atoms with Crippen molar-refractivity contribution in [2.75, 3.05) is 20.2 Å². The third kappa shape index (κ3) is 3.51. The smallest absolute Gasteiger partial charge is 0.226 e. The van der Waals surface area contributed by atoms with Crippen LogP contribution in [0, 0.1) is 5.92 Å². The van der Waals surface area contributed by atoms with E-state index in [1.165, 1.54) is 24.8 Å². The van der Waals surface area contributed by atoms with Gasteiger partial charge in [0, 0.05) is 31.8 Å². The third-order valence-corrected chi connectivity index (χ3v) is 7.04. The predicted octanol–water partition coefficient (Wildman–Crippen LogP) is 3.58. The van der Waals surface area contributed by atoms with E-state index in [-0.39, 0.29) is 29.8 Å². The normalized spacial score (nSPS) is 28.1. The molecule has 0 bridgehead atoms. The zero-order chi connectivity index (χ0) is 19.7. The van der Waals surface area contributed by atoms with E-state index in [2.05, 4.69) is 17.0 Å². The van der Waals surface area contributed by atoms with E-state index in [4.69, 9.17) is 4.74 Å². The van der Waals surface area contributed by atoms with Gasteiger partial charge in [-0.25, -0.2) is 0 Å². The first-order valence-electron chi connectivity index (χ1n) is 10.8. The molecule has 5 heteroatoms. The molecule has 2 aliphatic heterocycles. The Labute approximate surface area is 168 Å². The van der Waals surface area contributed by atoms with Gasteiger partial charge in [-0.15, -0.1) is 0 Å². The van der Waals surface area contributed by atoms with Crippen LogP contribution < -0.4 is 4.74 Å². The number of carbonyl (C=O) groups excluding carboxylic acids is 2. The molecule has 5 nitrogen and oxygen atoms in total. The van der Waals surface area contributed by atoms with Crippen molar-refractivity contribution in [2.45, 2.75) is 69.9 Å². The van der Waals surface area contributed by atoms with E-state index < -0.39 is 0 Å². The van der Waals surface area contributed by atoms with Crippen LogP contribution in [0.15, 0.2) is 24.3 Å². The van der Waals surface area contributed by atoms with Crippen LogP contribution in [0.2, 0.25) is 0 Å². The molecule has 0 N–H and O–H groups in total. The molecule has 1 saturated carbocycles. The van der Waals surface area contributed by atoms with Crippen molar-refractivity contribution in [3.05, 3.63) is 29.8 Å². The third-order valence-electron chi connectivity index (χ3n) is 7.04. The first kappa shape index (κ1) is 19.3. The first-order valence-corrected chi connectivity index (χ1v) is 10.8. The van der Waals surface area contributed by atoms with Gasteiger partial charge in [-0.05, 0) is 43.4 Å². The Balaban J connectivity index is 1.64. The highest BCUT2D eigenvalue weighted by Gasteiger charge is 2.50. The predicted molar refractivity (Wildman–Crippen MR) is 108 cm³/mol. The number of hydrogen-bond acceptors (Lipinski definition) is 3. The van der Waals surface area contributed by atoms with E-state index in [9.17, 15) is 9.59 Å². The average Bonchev–Trinajstić information content (AvgIpc) is 3.14. The highest BCUT2D eigenvalue weighted by atomic mass is 16.5. The van der Waals surface area contributed by atoms with Gasteiger partial charge in [-0.1, -0.05) is 31.4 Å². The lowest BCUT2D eigenvalue weighted by molar-refractivity contribution is -0.143. The molecule has 4 rings (SSSR count). The summed E-state index contributed by atoms with van der Waals surface area (Å²) in [6.45, 7) is 3.19. The average molecular weight is 385 g/mol.